The minimum atomic E-state index is 0.513. The Hall–Kier alpha value is -5.31. The van der Waals surface area contributed by atoms with Gasteiger partial charge < -0.3 is 119 Å². The summed E-state index contributed by atoms with van der Waals surface area (Å²) in [5.41, 5.74) is 20.2. The number of para-hydroxylation sites is 8. The van der Waals surface area contributed by atoms with Crippen LogP contribution in [0.2, 0.25) is 0 Å². The van der Waals surface area contributed by atoms with E-state index in [0.717, 1.165) is 51.4 Å². The zero-order valence-electron chi connectivity index (χ0n) is 87.6. The topological polar surface area (TPSA) is 30.0 Å². The van der Waals surface area contributed by atoms with E-state index in [1.807, 2.05) is 0 Å². The summed E-state index contributed by atoms with van der Waals surface area (Å²) in [6.07, 6.45) is 82.9. The number of nitrogens with zero attached hydrogens (tertiary/aromatic N) is 4. The van der Waals surface area contributed by atoms with Crippen LogP contribution in [0.15, 0.2) is 194 Å². The Labute approximate surface area is 901 Å². The Morgan fingerprint density at radius 3 is 0.348 bits per heavy atom. The predicted molar refractivity (Wildman–Crippen MR) is 634 cm³/mol. The van der Waals surface area contributed by atoms with E-state index in [1.165, 1.54) is 450 Å². The number of hydrogen-bond donors (Lipinski definition) is 0. The van der Waals surface area contributed by atoms with Gasteiger partial charge >= 0.3 is 23.2 Å². The van der Waals surface area contributed by atoms with Crippen molar-refractivity contribution in [3.63, 3.8) is 0 Å². The molecule has 0 heterocycles. The molecule has 0 aliphatic rings. The van der Waals surface area contributed by atoms with Crippen molar-refractivity contribution in [3.8, 4) is 0 Å². The molecule has 0 saturated carbocycles. The average molecular weight is 2100 g/mol. The van der Waals surface area contributed by atoms with Crippen molar-refractivity contribution < 1.29 is 23.2 Å². The number of aryl methyl sites for hydroxylation is 8. The molecule has 0 bridgehead atoms. The normalized spacial score (nSPS) is 10.9. The fourth-order valence-corrected chi connectivity index (χ4v) is 20.6. The second-order valence-corrected chi connectivity index (χ2v) is 42.5. The summed E-state index contributed by atoms with van der Waals surface area (Å²) in [6.45, 7) is 18.2. The van der Waals surface area contributed by atoms with Gasteiger partial charge in [0.15, 0.2) is 0 Å². The van der Waals surface area contributed by atoms with E-state index >= 15 is 0 Å². The molecule has 0 radical (unpaired) electrons. The van der Waals surface area contributed by atoms with E-state index in [4.69, 9.17) is 103 Å². The van der Waals surface area contributed by atoms with E-state index < -0.39 is 0 Å². The van der Waals surface area contributed by atoms with Gasteiger partial charge in [-0.2, -0.15) is 0 Å². The molecular weight excluding hydrogens is 1910 g/mol. The molecule has 0 aliphatic carbocycles. The molecule has 0 saturated heterocycles. The third kappa shape index (κ3) is 53.5. The Kier molecular flexibility index (Phi) is 77.0. The van der Waals surface area contributed by atoms with Crippen molar-refractivity contribution in [1.82, 2.24) is 0 Å². The van der Waals surface area contributed by atoms with Gasteiger partial charge in [0.1, 0.15) is 0 Å². The van der Waals surface area contributed by atoms with Gasteiger partial charge in [0.25, 0.3) is 0 Å². The summed E-state index contributed by atoms with van der Waals surface area (Å²) in [6, 6.07) is 69.7. The summed E-state index contributed by atoms with van der Waals surface area (Å²) in [5, 5.41) is 0. The SMILES string of the molecule is CCCCCCCCCc1ccccc1N(C(=S)[S-])c1ccccc1CCCCCCCCC.CCCCCCCCCc1ccccc1N(C(=S)[S-])c1ccccc1CCCCCCCCC.CCCCCCCCCc1ccccc1N(C(=S)[S-])c1ccccc1CCCCCCCCC.CCCCCCCCCc1ccccc1N(C(=S)[S-])c1ccccc1CCCCCCCCC.[O]=[Mo+4]. The van der Waals surface area contributed by atoms with Crippen LogP contribution in [0.5, 0.6) is 0 Å². The Bertz CT molecular complexity index is 3600. The van der Waals surface area contributed by atoms with Gasteiger partial charge in [-0.15, -0.1) is 0 Å². The molecule has 138 heavy (non-hydrogen) atoms. The van der Waals surface area contributed by atoms with Gasteiger partial charge in [-0.25, -0.2) is 0 Å². The number of anilines is 8. The third-order valence-corrected chi connectivity index (χ3v) is 28.4. The molecule has 0 amide bonds. The third-order valence-electron chi connectivity index (χ3n) is 27.0. The second-order valence-electron chi connectivity index (χ2n) is 38.4. The summed E-state index contributed by atoms with van der Waals surface area (Å²) < 4.78 is 10.3. The van der Waals surface area contributed by atoms with E-state index in [1.54, 1.807) is 0 Å². The van der Waals surface area contributed by atoms with E-state index in [9.17, 15) is 0 Å². The van der Waals surface area contributed by atoms with Crippen LogP contribution in [-0.2, 0) is 125 Å². The minimum absolute atomic E-state index is 0.513. The van der Waals surface area contributed by atoms with Gasteiger partial charge in [0.05, 0.1) is 0 Å². The van der Waals surface area contributed by atoms with Gasteiger partial charge in [0, 0.05) is 45.5 Å². The van der Waals surface area contributed by atoms with Crippen molar-refractivity contribution in [2.24, 2.45) is 0 Å². The van der Waals surface area contributed by atoms with Gasteiger partial charge in [-0.1, -0.05) is 526 Å². The molecule has 0 unspecified atom stereocenters. The van der Waals surface area contributed by atoms with E-state index in [-0.39, 0.29) is 0 Å². The monoisotopic (exact) mass is 2100 g/mol. The number of unbranched alkanes of at least 4 members (excludes halogenated alkanes) is 48. The van der Waals surface area contributed by atoms with Crippen molar-refractivity contribution >= 4 is 162 Å². The van der Waals surface area contributed by atoms with Crippen LogP contribution in [-0.4, -0.2) is 17.3 Å². The number of hydrogen-bond acceptors (Lipinski definition) is 9. The zero-order valence-corrected chi connectivity index (χ0v) is 96.1. The summed E-state index contributed by atoms with van der Waals surface area (Å²) in [7, 11) is 0. The predicted octanol–water partition coefficient (Wildman–Crippen LogP) is 40.8. The Morgan fingerprint density at radius 2 is 0.254 bits per heavy atom. The molecule has 0 atom stereocenters. The first kappa shape index (κ1) is 125. The first-order valence-corrected chi connectivity index (χ1v) is 59.7. The number of benzene rings is 8. The fourth-order valence-electron chi connectivity index (χ4n) is 19.0. The van der Waals surface area contributed by atoms with Crippen molar-refractivity contribution in [2.75, 3.05) is 19.6 Å². The average Bonchev–Trinajstić information content (AvgIpc) is 0.816. The first-order chi connectivity index (χ1) is 67.7. The first-order valence-electron chi connectivity index (χ1n) is 55.6. The molecule has 14 heteroatoms. The van der Waals surface area contributed by atoms with Crippen molar-refractivity contribution in [2.45, 2.75) is 466 Å². The summed E-state index contributed by atoms with van der Waals surface area (Å²) in [4.78, 5) is 8.60. The number of rotatable bonds is 72. The maximum absolute atomic E-state index is 8.26. The van der Waals surface area contributed by atoms with Crippen LogP contribution >= 0.6 is 48.9 Å². The Morgan fingerprint density at radius 1 is 0.167 bits per heavy atom. The molecule has 8 aromatic rings. The zero-order chi connectivity index (χ0) is 99.7. The quantitative estimate of drug-likeness (QED) is 0.0157. The molecule has 0 aromatic heterocycles. The molecule has 5 nitrogen and oxygen atoms in total. The number of thiocarbonyl (C=S) groups is 4. The van der Waals surface area contributed by atoms with Gasteiger partial charge in [0.2, 0.25) is 0 Å². The van der Waals surface area contributed by atoms with Crippen LogP contribution in [0.4, 0.5) is 45.5 Å². The standard InChI is InChI=1S/4C31H47NS2.Mo.O/c4*1-3-5-7-9-11-13-15-21-27-23-17-19-25-29(27)32(31(33)34)30-26-20-18-24-28(30)22-16-14-12-10-8-6-4-2;;/h4*17-20,23-26H,3-16,21-22H2,1-2H3,(H,33,34);;/q;;;;+4;/p-4. The summed E-state index contributed by atoms with van der Waals surface area (Å²) >= 11 is 45.7. The molecule has 0 N–H and O–H groups in total. The van der Waals surface area contributed by atoms with Crippen LogP contribution in [0.25, 0.3) is 0 Å². The van der Waals surface area contributed by atoms with Crippen molar-refractivity contribution in [3.05, 3.63) is 239 Å². The van der Waals surface area contributed by atoms with Gasteiger partial charge in [-0.3, -0.25) is 0 Å². The maximum atomic E-state index is 8.26. The molecule has 0 spiro atoms. The molecule has 0 fully saturated rings. The molecular formula is C124H184MoN4OS8. The van der Waals surface area contributed by atoms with Crippen LogP contribution < -0.4 is 19.6 Å². The van der Waals surface area contributed by atoms with Crippen LogP contribution in [0.1, 0.15) is 459 Å². The van der Waals surface area contributed by atoms with Crippen LogP contribution in [0.3, 0.4) is 0 Å². The Balaban J connectivity index is 0.000000382. The van der Waals surface area contributed by atoms with Crippen LogP contribution in [0, 0.1) is 0 Å². The summed E-state index contributed by atoms with van der Waals surface area (Å²) in [5.74, 6) is 0. The molecule has 8 aromatic carbocycles. The molecule has 8 rings (SSSR count). The van der Waals surface area contributed by atoms with E-state index in [0.29, 0.717) is 37.1 Å². The van der Waals surface area contributed by atoms with Crippen molar-refractivity contribution in [1.29, 1.82) is 0 Å². The van der Waals surface area contributed by atoms with Gasteiger partial charge in [-0.05, 0) is 196 Å². The molecule has 0 aliphatic heterocycles. The van der Waals surface area contributed by atoms with E-state index in [2.05, 4.69) is 269 Å². The molecule has 760 valence electrons. The second kappa shape index (κ2) is 85.0. The fraction of sp³-hybridized carbons (Fsp3) is 0.581.